The molecule has 16 heavy (non-hydrogen) atoms. The molecule has 5 heteroatoms. The number of hydrogen-bond acceptors (Lipinski definition) is 2. The summed E-state index contributed by atoms with van der Waals surface area (Å²) in [5.41, 5.74) is -0.845. The van der Waals surface area contributed by atoms with Crippen molar-refractivity contribution in [1.82, 2.24) is 4.90 Å². The van der Waals surface area contributed by atoms with E-state index in [-0.39, 0.29) is 12.7 Å². The Hall–Kier alpha value is -0.290. The fourth-order valence-corrected chi connectivity index (χ4v) is 2.22. The first kappa shape index (κ1) is 13.8. The molecule has 1 atom stereocenters. The largest absolute Gasteiger partial charge is 0.390 e. The molecule has 0 aromatic carbocycles. The average Bonchev–Trinajstić information content (AvgIpc) is 2.42. The van der Waals surface area contributed by atoms with Crippen LogP contribution in [0.25, 0.3) is 0 Å². The number of rotatable bonds is 4. The maximum atomic E-state index is 12.6. The quantitative estimate of drug-likeness (QED) is 0.748. The predicted molar refractivity (Wildman–Crippen MR) is 56.4 cm³/mol. The van der Waals surface area contributed by atoms with E-state index in [4.69, 9.17) is 4.74 Å². The molecule has 0 saturated carbocycles. The molecule has 0 aromatic heterocycles. The van der Waals surface area contributed by atoms with E-state index in [1.54, 1.807) is 11.9 Å². The Bertz CT molecular complexity index is 230. The van der Waals surface area contributed by atoms with E-state index in [0.29, 0.717) is 6.42 Å². The van der Waals surface area contributed by atoms with Crippen LogP contribution < -0.4 is 0 Å². The molecule has 1 rings (SSSR count). The molecular formula is C11H20F3NO. The fourth-order valence-electron chi connectivity index (χ4n) is 2.22. The Kier molecular flexibility index (Phi) is 4.23. The number of likely N-dealkylation sites (N-methyl/N-ethyl adjacent to an activating group) is 1. The maximum absolute atomic E-state index is 12.6. The molecule has 1 aliphatic rings. The van der Waals surface area contributed by atoms with Crippen LogP contribution in [0.4, 0.5) is 13.2 Å². The molecule has 0 amide bonds. The van der Waals surface area contributed by atoms with Crippen molar-refractivity contribution < 1.29 is 17.9 Å². The van der Waals surface area contributed by atoms with E-state index in [2.05, 4.69) is 0 Å². The van der Waals surface area contributed by atoms with Crippen LogP contribution in [0.3, 0.4) is 0 Å². The van der Waals surface area contributed by atoms with E-state index in [9.17, 15) is 13.2 Å². The van der Waals surface area contributed by atoms with Crippen LogP contribution >= 0.6 is 0 Å². The van der Waals surface area contributed by atoms with Gasteiger partial charge in [-0.15, -0.1) is 0 Å². The fraction of sp³-hybridized carbons (Fsp3) is 1.00. The summed E-state index contributed by atoms with van der Waals surface area (Å²) >= 11 is 0. The van der Waals surface area contributed by atoms with E-state index in [1.807, 2.05) is 13.8 Å². The molecule has 96 valence electrons. The van der Waals surface area contributed by atoms with Crippen LogP contribution in [0.2, 0.25) is 0 Å². The lowest BCUT2D eigenvalue weighted by molar-refractivity contribution is -0.168. The van der Waals surface area contributed by atoms with E-state index in [1.165, 1.54) is 0 Å². The van der Waals surface area contributed by atoms with E-state index in [0.717, 1.165) is 13.0 Å². The van der Waals surface area contributed by atoms with Crippen molar-refractivity contribution in [2.75, 3.05) is 20.2 Å². The van der Waals surface area contributed by atoms with Gasteiger partial charge in [-0.25, -0.2) is 0 Å². The second kappa shape index (κ2) is 4.92. The van der Waals surface area contributed by atoms with Crippen LogP contribution in [-0.2, 0) is 4.74 Å². The number of nitrogens with zero attached hydrogens (tertiary/aromatic N) is 1. The highest BCUT2D eigenvalue weighted by Crippen LogP contribution is 2.38. The van der Waals surface area contributed by atoms with Gasteiger partial charge in [0, 0.05) is 0 Å². The van der Waals surface area contributed by atoms with Gasteiger partial charge in [0.05, 0.1) is 24.7 Å². The minimum Gasteiger partial charge on any atom is -0.377 e. The van der Waals surface area contributed by atoms with Gasteiger partial charge in [0.15, 0.2) is 0 Å². The molecule has 1 heterocycles. The van der Waals surface area contributed by atoms with Gasteiger partial charge in [0.25, 0.3) is 0 Å². The second-order valence-corrected chi connectivity index (χ2v) is 4.90. The molecule has 0 aromatic rings. The first-order valence-corrected chi connectivity index (χ1v) is 5.65. The molecule has 1 saturated heterocycles. The smallest absolute Gasteiger partial charge is 0.377 e. The van der Waals surface area contributed by atoms with Crippen molar-refractivity contribution >= 4 is 0 Å². The van der Waals surface area contributed by atoms with Crippen molar-refractivity contribution in [1.29, 1.82) is 0 Å². The summed E-state index contributed by atoms with van der Waals surface area (Å²) in [4.78, 5) is 1.79. The molecule has 0 N–H and O–H groups in total. The summed E-state index contributed by atoms with van der Waals surface area (Å²) in [6.45, 7) is 4.57. The van der Waals surface area contributed by atoms with Crippen LogP contribution in [0, 0.1) is 0 Å². The van der Waals surface area contributed by atoms with Gasteiger partial charge in [-0.3, -0.25) is 4.90 Å². The third-order valence-electron chi connectivity index (χ3n) is 3.16. The van der Waals surface area contributed by atoms with Crippen molar-refractivity contribution in [3.8, 4) is 0 Å². The van der Waals surface area contributed by atoms with Gasteiger partial charge in [0.2, 0.25) is 0 Å². The minimum absolute atomic E-state index is 0.0286. The summed E-state index contributed by atoms with van der Waals surface area (Å²) in [6, 6.07) is 0. The summed E-state index contributed by atoms with van der Waals surface area (Å²) in [7, 11) is 1.75. The first-order chi connectivity index (χ1) is 7.25. The summed E-state index contributed by atoms with van der Waals surface area (Å²) in [5, 5.41) is 0. The number of hydrogen-bond donors (Lipinski definition) is 0. The second-order valence-electron chi connectivity index (χ2n) is 4.90. The number of halogens is 3. The molecule has 1 fully saturated rings. The molecule has 1 aliphatic heterocycles. The highest BCUT2D eigenvalue weighted by Gasteiger charge is 2.47. The average molecular weight is 239 g/mol. The van der Waals surface area contributed by atoms with Crippen molar-refractivity contribution in [3.63, 3.8) is 0 Å². The Morgan fingerprint density at radius 2 is 2.00 bits per heavy atom. The number of ether oxygens (including phenoxy) is 1. The minimum atomic E-state index is -4.13. The normalized spacial score (nSPS) is 27.9. The van der Waals surface area contributed by atoms with E-state index < -0.39 is 18.1 Å². The SMILES string of the molecule is CC(C)OCC1(CC(F)(F)F)CCCN1C. The lowest BCUT2D eigenvalue weighted by Crippen LogP contribution is -2.49. The Morgan fingerprint density at radius 1 is 1.38 bits per heavy atom. The monoisotopic (exact) mass is 239 g/mol. The molecule has 2 nitrogen and oxygen atoms in total. The topological polar surface area (TPSA) is 12.5 Å². The Labute approximate surface area is 94.8 Å². The lowest BCUT2D eigenvalue weighted by Gasteiger charge is -2.37. The van der Waals surface area contributed by atoms with Gasteiger partial charge in [0.1, 0.15) is 0 Å². The molecule has 0 spiro atoms. The Balaban J connectivity index is 2.69. The van der Waals surface area contributed by atoms with Crippen molar-refractivity contribution in [3.05, 3.63) is 0 Å². The number of likely N-dealkylation sites (tertiary alicyclic amines) is 1. The van der Waals surface area contributed by atoms with Gasteiger partial charge >= 0.3 is 6.18 Å². The zero-order valence-corrected chi connectivity index (χ0v) is 10.1. The van der Waals surface area contributed by atoms with Crippen molar-refractivity contribution in [2.45, 2.75) is 50.9 Å². The molecule has 0 bridgehead atoms. The number of alkyl halides is 3. The first-order valence-electron chi connectivity index (χ1n) is 5.65. The van der Waals surface area contributed by atoms with Crippen molar-refractivity contribution in [2.24, 2.45) is 0 Å². The van der Waals surface area contributed by atoms with E-state index >= 15 is 0 Å². The summed E-state index contributed by atoms with van der Waals surface area (Å²) in [6.07, 6.45) is -3.55. The maximum Gasteiger partial charge on any atom is 0.390 e. The van der Waals surface area contributed by atoms with Crippen LogP contribution in [0.15, 0.2) is 0 Å². The lowest BCUT2D eigenvalue weighted by atomic mass is 9.93. The van der Waals surface area contributed by atoms with Crippen LogP contribution in [-0.4, -0.2) is 42.9 Å². The van der Waals surface area contributed by atoms with Gasteiger partial charge in [-0.05, 0) is 40.3 Å². The van der Waals surface area contributed by atoms with Gasteiger partial charge < -0.3 is 4.74 Å². The zero-order valence-electron chi connectivity index (χ0n) is 10.1. The van der Waals surface area contributed by atoms with Gasteiger partial charge in [-0.1, -0.05) is 0 Å². The highest BCUT2D eigenvalue weighted by molar-refractivity contribution is 4.96. The molecule has 1 unspecified atom stereocenters. The predicted octanol–water partition coefficient (Wildman–Crippen LogP) is 2.83. The zero-order chi connectivity index (χ0) is 12.4. The van der Waals surface area contributed by atoms with Gasteiger partial charge in [-0.2, -0.15) is 13.2 Å². The Morgan fingerprint density at radius 3 is 2.38 bits per heavy atom. The molecule has 0 radical (unpaired) electrons. The summed E-state index contributed by atoms with van der Waals surface area (Å²) < 4.78 is 43.1. The standard InChI is InChI=1S/C11H20F3NO/c1-9(2)16-8-10(7-11(12,13)14)5-4-6-15(10)3/h9H,4-8H2,1-3H3. The van der Waals surface area contributed by atoms with Crippen LogP contribution in [0.1, 0.15) is 33.1 Å². The highest BCUT2D eigenvalue weighted by atomic mass is 19.4. The van der Waals surface area contributed by atoms with Crippen LogP contribution in [0.5, 0.6) is 0 Å². The third-order valence-corrected chi connectivity index (χ3v) is 3.16. The molecular weight excluding hydrogens is 219 g/mol. The summed E-state index contributed by atoms with van der Waals surface area (Å²) in [5.74, 6) is 0. The molecule has 0 aliphatic carbocycles. The third kappa shape index (κ3) is 3.63.